The fraction of sp³-hybridized carbons (Fsp3) is 0.333. The highest BCUT2D eigenvalue weighted by Gasteiger charge is 2.17. The van der Waals surface area contributed by atoms with Crippen molar-refractivity contribution >= 4 is 28.9 Å². The first kappa shape index (κ1) is 15.1. The van der Waals surface area contributed by atoms with Gasteiger partial charge in [0.15, 0.2) is 0 Å². The Balaban J connectivity index is 3.36. The number of rotatable bonds is 4. The quantitative estimate of drug-likeness (QED) is 0.587. The van der Waals surface area contributed by atoms with Crippen molar-refractivity contribution in [3.05, 3.63) is 39.5 Å². The van der Waals surface area contributed by atoms with Crippen molar-refractivity contribution in [1.29, 1.82) is 0 Å². The Morgan fingerprint density at radius 3 is 2.22 bits per heavy atom. The molecule has 0 bridgehead atoms. The number of halogens is 2. The molecule has 0 saturated heterocycles. The predicted molar refractivity (Wildman–Crippen MR) is 75.8 cm³/mol. The van der Waals surface area contributed by atoms with Crippen LogP contribution in [0.5, 0.6) is 0 Å². The number of hydrogen-bond acceptors (Lipinski definition) is 4. The smallest absolute Gasteiger partial charge is 0.0864 e. The molecule has 5 N–H and O–H groups in total. The summed E-state index contributed by atoms with van der Waals surface area (Å²) in [6, 6.07) is 5.08. The Kier molecular flexibility index (Phi) is 5.28. The minimum absolute atomic E-state index is 0.00744. The van der Waals surface area contributed by atoms with Gasteiger partial charge in [0.2, 0.25) is 0 Å². The molecule has 1 aromatic carbocycles. The van der Waals surface area contributed by atoms with E-state index in [0.717, 1.165) is 0 Å². The van der Waals surface area contributed by atoms with Crippen molar-refractivity contribution in [2.75, 3.05) is 6.61 Å². The molecule has 1 rings (SSSR count). The van der Waals surface area contributed by atoms with Crippen LogP contribution in [0.2, 0.25) is 10.0 Å². The molecule has 0 atom stereocenters. The number of aliphatic hydroxyl groups excluding tert-OH is 1. The number of hydrazine groups is 1. The maximum atomic E-state index is 9.41. The van der Waals surface area contributed by atoms with Gasteiger partial charge in [0, 0.05) is 11.6 Å². The second-order valence-corrected chi connectivity index (χ2v) is 4.93. The molecule has 0 saturated carbocycles. The van der Waals surface area contributed by atoms with E-state index in [4.69, 9.17) is 34.8 Å². The number of aliphatic hydroxyl groups is 1. The molecule has 0 aliphatic rings. The molecule has 18 heavy (non-hydrogen) atoms. The fourth-order valence-electron chi connectivity index (χ4n) is 1.52. The van der Waals surface area contributed by atoms with Crippen LogP contribution in [0.1, 0.15) is 19.4 Å². The minimum atomic E-state index is -0.290. The Bertz CT molecular complexity index is 440. The largest absolute Gasteiger partial charge is 0.397 e. The van der Waals surface area contributed by atoms with Crippen LogP contribution in [-0.2, 0) is 0 Å². The predicted octanol–water partition coefficient (Wildman–Crippen LogP) is 2.20. The molecule has 4 nitrogen and oxygen atoms in total. The molecular weight excluding hydrogens is 273 g/mol. The monoisotopic (exact) mass is 289 g/mol. The fourth-order valence-corrected chi connectivity index (χ4v) is 2.12. The summed E-state index contributed by atoms with van der Waals surface area (Å²) in [4.78, 5) is 0. The zero-order valence-corrected chi connectivity index (χ0v) is 11.8. The summed E-state index contributed by atoms with van der Waals surface area (Å²) in [5.74, 6) is 5.86. The first-order chi connectivity index (χ1) is 8.40. The molecule has 0 radical (unpaired) electrons. The van der Waals surface area contributed by atoms with Crippen molar-refractivity contribution in [2.24, 2.45) is 11.6 Å². The third kappa shape index (κ3) is 3.09. The molecule has 0 fully saturated rings. The van der Waals surface area contributed by atoms with E-state index in [9.17, 15) is 5.11 Å². The van der Waals surface area contributed by atoms with Gasteiger partial charge >= 0.3 is 0 Å². The van der Waals surface area contributed by atoms with Crippen molar-refractivity contribution in [3.8, 4) is 0 Å². The Morgan fingerprint density at radius 1 is 1.33 bits per heavy atom. The zero-order chi connectivity index (χ0) is 13.9. The second kappa shape index (κ2) is 6.29. The molecule has 0 aromatic heterocycles. The summed E-state index contributed by atoms with van der Waals surface area (Å²) in [6.07, 6.45) is 0. The summed E-state index contributed by atoms with van der Waals surface area (Å²) in [6.45, 7) is 3.48. The van der Waals surface area contributed by atoms with Gasteiger partial charge in [-0.3, -0.25) is 0 Å². The maximum Gasteiger partial charge on any atom is 0.0864 e. The Hall–Kier alpha value is -0.940. The summed E-state index contributed by atoms with van der Waals surface area (Å²) in [5, 5.41) is 11.7. The average Bonchev–Trinajstić information content (AvgIpc) is 2.29. The first-order valence-electron chi connectivity index (χ1n) is 5.48. The van der Waals surface area contributed by atoms with Crippen LogP contribution >= 0.6 is 23.2 Å². The van der Waals surface area contributed by atoms with Crippen molar-refractivity contribution in [2.45, 2.75) is 19.9 Å². The zero-order valence-electron chi connectivity index (χ0n) is 10.3. The van der Waals surface area contributed by atoms with Crippen LogP contribution in [0.25, 0.3) is 5.70 Å². The summed E-state index contributed by atoms with van der Waals surface area (Å²) < 4.78 is 0. The third-order valence-electron chi connectivity index (χ3n) is 2.56. The summed E-state index contributed by atoms with van der Waals surface area (Å²) in [5.41, 5.74) is 7.18. The number of benzene rings is 1. The topological polar surface area (TPSA) is 75.5 Å². The molecule has 0 aliphatic heterocycles. The minimum Gasteiger partial charge on any atom is -0.397 e. The van der Waals surface area contributed by atoms with Gasteiger partial charge in [0.1, 0.15) is 0 Å². The van der Waals surface area contributed by atoms with Gasteiger partial charge in [0.05, 0.1) is 28.0 Å². The van der Waals surface area contributed by atoms with Gasteiger partial charge in [-0.2, -0.15) is 0 Å². The summed E-state index contributed by atoms with van der Waals surface area (Å²) >= 11 is 12.1. The second-order valence-electron chi connectivity index (χ2n) is 4.12. The molecule has 100 valence electrons. The van der Waals surface area contributed by atoms with E-state index in [1.165, 1.54) is 5.01 Å². The van der Waals surface area contributed by atoms with E-state index < -0.39 is 0 Å². The van der Waals surface area contributed by atoms with Gasteiger partial charge in [-0.05, 0) is 26.0 Å². The molecule has 0 spiro atoms. The van der Waals surface area contributed by atoms with Crippen molar-refractivity contribution in [1.82, 2.24) is 5.01 Å². The molecule has 0 aliphatic carbocycles. The van der Waals surface area contributed by atoms with Gasteiger partial charge < -0.3 is 15.8 Å². The molecular formula is C12H17Cl2N3O. The van der Waals surface area contributed by atoms with E-state index in [1.54, 1.807) is 18.2 Å². The maximum absolute atomic E-state index is 9.41. The van der Waals surface area contributed by atoms with Crippen LogP contribution < -0.4 is 11.6 Å². The molecule has 0 unspecified atom stereocenters. The summed E-state index contributed by atoms with van der Waals surface area (Å²) in [7, 11) is 0. The van der Waals surface area contributed by atoms with Crippen LogP contribution in [-0.4, -0.2) is 22.8 Å². The van der Waals surface area contributed by atoms with E-state index in [2.05, 4.69) is 0 Å². The lowest BCUT2D eigenvalue weighted by atomic mass is 10.1. The van der Waals surface area contributed by atoms with E-state index in [1.807, 2.05) is 13.8 Å². The molecule has 1 aromatic rings. The third-order valence-corrected chi connectivity index (χ3v) is 3.19. The highest BCUT2D eigenvalue weighted by atomic mass is 35.5. The molecule has 6 heteroatoms. The Labute approximate surface area is 117 Å². The van der Waals surface area contributed by atoms with Gasteiger partial charge in [-0.1, -0.05) is 29.3 Å². The van der Waals surface area contributed by atoms with Gasteiger partial charge in [-0.15, -0.1) is 0 Å². The number of nitrogens with two attached hydrogens (primary N) is 2. The Morgan fingerprint density at radius 2 is 1.83 bits per heavy atom. The van der Waals surface area contributed by atoms with Crippen LogP contribution in [0.4, 0.5) is 0 Å². The van der Waals surface area contributed by atoms with Crippen LogP contribution in [0.3, 0.4) is 0 Å². The van der Waals surface area contributed by atoms with Crippen LogP contribution in [0.15, 0.2) is 23.9 Å². The number of hydrogen-bond donors (Lipinski definition) is 3. The lowest BCUT2D eigenvalue weighted by molar-refractivity contribution is 0.226. The SMILES string of the molecule is CC(C)N(N)/C(CO)=C(\N)c1c(Cl)cccc1Cl. The first-order valence-corrected chi connectivity index (χ1v) is 6.23. The number of nitrogens with zero attached hydrogens (tertiary/aromatic N) is 1. The van der Waals surface area contributed by atoms with Gasteiger partial charge in [0.25, 0.3) is 0 Å². The van der Waals surface area contributed by atoms with Crippen molar-refractivity contribution < 1.29 is 5.11 Å². The van der Waals surface area contributed by atoms with Gasteiger partial charge in [-0.25, -0.2) is 5.84 Å². The van der Waals surface area contributed by atoms with Crippen molar-refractivity contribution in [3.63, 3.8) is 0 Å². The van der Waals surface area contributed by atoms with E-state index in [0.29, 0.717) is 21.3 Å². The van der Waals surface area contributed by atoms with Crippen LogP contribution in [0, 0.1) is 0 Å². The standard InChI is InChI=1S/C12H17Cl2N3O/c1-7(2)17(16)10(6-18)12(15)11-8(13)4-3-5-9(11)14/h3-5,7,18H,6,15-16H2,1-2H3/b12-10-. The average molecular weight is 290 g/mol. The lowest BCUT2D eigenvalue weighted by Crippen LogP contribution is -2.39. The highest BCUT2D eigenvalue weighted by Crippen LogP contribution is 2.30. The molecule has 0 amide bonds. The highest BCUT2D eigenvalue weighted by molar-refractivity contribution is 6.37. The van der Waals surface area contributed by atoms with E-state index >= 15 is 0 Å². The molecule has 0 heterocycles. The lowest BCUT2D eigenvalue weighted by Gasteiger charge is -2.27. The van der Waals surface area contributed by atoms with E-state index in [-0.39, 0.29) is 18.3 Å². The normalized spacial score (nSPS) is 12.6.